The summed E-state index contributed by atoms with van der Waals surface area (Å²) in [6.07, 6.45) is -2.79. The Labute approximate surface area is 205 Å². The summed E-state index contributed by atoms with van der Waals surface area (Å²) in [7, 11) is 0. The topological polar surface area (TPSA) is 58.6 Å². The van der Waals surface area contributed by atoms with Crippen molar-refractivity contribution in [1.82, 2.24) is 5.32 Å². The highest BCUT2D eigenvalue weighted by Crippen LogP contribution is 2.44. The van der Waals surface area contributed by atoms with Crippen LogP contribution >= 0.6 is 11.3 Å². The van der Waals surface area contributed by atoms with Gasteiger partial charge in [0.15, 0.2) is 5.75 Å². The quantitative estimate of drug-likeness (QED) is 0.189. The minimum absolute atomic E-state index is 0.0121. The number of hydrogen-bond donors (Lipinski definition) is 2. The van der Waals surface area contributed by atoms with Gasteiger partial charge in [0.1, 0.15) is 16.4 Å². The van der Waals surface area contributed by atoms with Crippen molar-refractivity contribution in [3.05, 3.63) is 88.3 Å². The minimum Gasteiger partial charge on any atom is -0.508 e. The number of carbonyl (C=O) groups is 1. The van der Waals surface area contributed by atoms with Crippen molar-refractivity contribution in [2.24, 2.45) is 0 Å². The molecular formula is C27H24F3NO3S. The monoisotopic (exact) mass is 499 g/mol. The maximum absolute atomic E-state index is 13.6. The average Bonchev–Trinajstić information content (AvgIpc) is 3.19. The van der Waals surface area contributed by atoms with Gasteiger partial charge >= 0.3 is 6.18 Å². The molecule has 0 aliphatic carbocycles. The van der Waals surface area contributed by atoms with Crippen LogP contribution in [0.3, 0.4) is 0 Å². The number of aromatic hydroxyl groups is 1. The van der Waals surface area contributed by atoms with Crippen LogP contribution < -0.4 is 10.1 Å². The van der Waals surface area contributed by atoms with Crippen molar-refractivity contribution in [2.75, 3.05) is 13.1 Å². The summed E-state index contributed by atoms with van der Waals surface area (Å²) in [5, 5.41) is 13.7. The highest BCUT2D eigenvalue weighted by molar-refractivity contribution is 7.21. The summed E-state index contributed by atoms with van der Waals surface area (Å²) in [6.45, 7) is 3.91. The van der Waals surface area contributed by atoms with E-state index in [0.29, 0.717) is 15.8 Å². The van der Waals surface area contributed by atoms with Crippen LogP contribution in [0, 0.1) is 0 Å². The van der Waals surface area contributed by atoms with E-state index in [9.17, 15) is 23.1 Å². The molecule has 4 aromatic rings. The van der Waals surface area contributed by atoms with E-state index in [0.717, 1.165) is 48.9 Å². The van der Waals surface area contributed by atoms with E-state index < -0.39 is 23.1 Å². The van der Waals surface area contributed by atoms with Crippen LogP contribution in [0.25, 0.3) is 10.1 Å². The molecule has 1 heterocycles. The molecule has 0 saturated heterocycles. The Morgan fingerprint density at radius 3 is 2.51 bits per heavy atom. The van der Waals surface area contributed by atoms with E-state index in [4.69, 9.17) is 4.74 Å². The van der Waals surface area contributed by atoms with Crippen LogP contribution in [-0.2, 0) is 12.6 Å². The Balaban J connectivity index is 1.69. The number of alkyl halides is 3. The Kier molecular flexibility index (Phi) is 7.42. The van der Waals surface area contributed by atoms with Crippen molar-refractivity contribution < 1.29 is 27.8 Å². The first-order valence-corrected chi connectivity index (χ1v) is 12.0. The third-order valence-corrected chi connectivity index (χ3v) is 6.66. The van der Waals surface area contributed by atoms with Crippen LogP contribution in [0.15, 0.2) is 66.7 Å². The molecule has 4 rings (SSSR count). The third kappa shape index (κ3) is 5.66. The molecular weight excluding hydrogens is 475 g/mol. The zero-order chi connectivity index (χ0) is 25.0. The average molecular weight is 500 g/mol. The number of hydrogen-bond acceptors (Lipinski definition) is 5. The molecule has 0 fully saturated rings. The van der Waals surface area contributed by atoms with Gasteiger partial charge in [-0.25, -0.2) is 0 Å². The number of ketones is 1. The number of thiophene rings is 1. The molecule has 0 spiro atoms. The second-order valence-corrected chi connectivity index (χ2v) is 9.07. The molecule has 0 amide bonds. The molecule has 0 atom stereocenters. The Morgan fingerprint density at radius 1 is 1.06 bits per heavy atom. The van der Waals surface area contributed by atoms with Gasteiger partial charge in [0.05, 0.1) is 5.56 Å². The van der Waals surface area contributed by atoms with Crippen LogP contribution in [-0.4, -0.2) is 24.0 Å². The Morgan fingerprint density at radius 2 is 1.80 bits per heavy atom. The lowest BCUT2D eigenvalue weighted by atomic mass is 10.0. The van der Waals surface area contributed by atoms with Gasteiger partial charge in [0.2, 0.25) is 5.78 Å². The molecule has 0 bridgehead atoms. The number of carbonyl (C=O) groups excluding carboxylic acids is 1. The Bertz CT molecular complexity index is 1330. The number of aryl methyl sites for hydroxylation is 1. The van der Waals surface area contributed by atoms with Crippen molar-refractivity contribution >= 4 is 27.2 Å². The summed E-state index contributed by atoms with van der Waals surface area (Å²) in [6, 6.07) is 16.6. The summed E-state index contributed by atoms with van der Waals surface area (Å²) < 4.78 is 47.4. The number of phenolic OH excluding ortho intramolecular Hbond substituents is 1. The SMILES string of the molecule is CCNCCCc1ccc(Oc2c(C(=O)c3ccccc3C(F)(F)F)sc3cc(O)ccc23)cc1. The summed E-state index contributed by atoms with van der Waals surface area (Å²) in [4.78, 5) is 13.4. The molecule has 0 aliphatic rings. The number of ether oxygens (including phenoxy) is 1. The smallest absolute Gasteiger partial charge is 0.417 e. The van der Waals surface area contributed by atoms with E-state index in [-0.39, 0.29) is 16.4 Å². The molecule has 8 heteroatoms. The predicted molar refractivity (Wildman–Crippen MR) is 132 cm³/mol. The lowest BCUT2D eigenvalue weighted by Gasteiger charge is -2.12. The van der Waals surface area contributed by atoms with Gasteiger partial charge in [-0.05, 0) is 67.9 Å². The van der Waals surface area contributed by atoms with E-state index in [1.54, 1.807) is 18.2 Å². The van der Waals surface area contributed by atoms with E-state index in [1.165, 1.54) is 30.3 Å². The fourth-order valence-corrected chi connectivity index (χ4v) is 4.92. The van der Waals surface area contributed by atoms with Gasteiger partial charge < -0.3 is 15.2 Å². The van der Waals surface area contributed by atoms with Crippen molar-refractivity contribution in [3.8, 4) is 17.2 Å². The molecule has 182 valence electrons. The standard InChI is InChI=1S/C27H24F3NO3S/c1-2-31-15-5-6-17-9-12-19(13-10-17)34-25-21-14-11-18(32)16-23(21)35-26(25)24(33)20-7-3-4-8-22(20)27(28,29)30/h3-4,7-14,16,31-32H,2,5-6,15H2,1H3. The van der Waals surface area contributed by atoms with E-state index in [2.05, 4.69) is 12.2 Å². The van der Waals surface area contributed by atoms with Crippen LogP contribution in [0.5, 0.6) is 17.2 Å². The Hall–Kier alpha value is -3.36. The summed E-state index contributed by atoms with van der Waals surface area (Å²) in [5.41, 5.74) is -0.319. The molecule has 0 unspecified atom stereocenters. The molecule has 4 nitrogen and oxygen atoms in total. The fraction of sp³-hybridized carbons (Fsp3) is 0.222. The maximum Gasteiger partial charge on any atom is 0.417 e. The van der Waals surface area contributed by atoms with Crippen LogP contribution in [0.4, 0.5) is 13.2 Å². The number of phenols is 1. The normalized spacial score (nSPS) is 11.7. The first kappa shape index (κ1) is 24.8. The number of rotatable bonds is 9. The zero-order valence-corrected chi connectivity index (χ0v) is 19.8. The molecule has 0 aliphatic heterocycles. The highest BCUT2D eigenvalue weighted by Gasteiger charge is 2.36. The molecule has 2 N–H and O–H groups in total. The van der Waals surface area contributed by atoms with Gasteiger partial charge in [-0.2, -0.15) is 13.2 Å². The second-order valence-electron chi connectivity index (χ2n) is 8.02. The van der Waals surface area contributed by atoms with Gasteiger partial charge in [-0.3, -0.25) is 4.79 Å². The lowest BCUT2D eigenvalue weighted by molar-refractivity contribution is -0.137. The van der Waals surface area contributed by atoms with Gasteiger partial charge in [0.25, 0.3) is 0 Å². The first-order valence-electron chi connectivity index (χ1n) is 11.2. The second kappa shape index (κ2) is 10.5. The van der Waals surface area contributed by atoms with E-state index >= 15 is 0 Å². The minimum atomic E-state index is -4.68. The van der Waals surface area contributed by atoms with E-state index in [1.807, 2.05) is 12.1 Å². The molecule has 0 radical (unpaired) electrons. The number of nitrogens with one attached hydrogen (secondary N) is 1. The molecule has 0 saturated carbocycles. The van der Waals surface area contributed by atoms with Gasteiger partial charge in [-0.1, -0.05) is 37.3 Å². The number of fused-ring (bicyclic) bond motifs is 1. The summed E-state index contributed by atoms with van der Waals surface area (Å²) in [5.74, 6) is -0.159. The number of halogens is 3. The predicted octanol–water partition coefficient (Wildman–Crippen LogP) is 7.19. The van der Waals surface area contributed by atoms with Crippen LogP contribution in [0.1, 0.15) is 39.7 Å². The van der Waals surface area contributed by atoms with Crippen LogP contribution in [0.2, 0.25) is 0 Å². The number of benzene rings is 3. The van der Waals surface area contributed by atoms with Gasteiger partial charge in [0, 0.05) is 15.6 Å². The van der Waals surface area contributed by atoms with Crippen molar-refractivity contribution in [3.63, 3.8) is 0 Å². The van der Waals surface area contributed by atoms with Crippen molar-refractivity contribution in [1.29, 1.82) is 0 Å². The highest BCUT2D eigenvalue weighted by atomic mass is 32.1. The fourth-order valence-electron chi connectivity index (χ4n) is 3.80. The summed E-state index contributed by atoms with van der Waals surface area (Å²) >= 11 is 0.990. The molecule has 3 aromatic carbocycles. The van der Waals surface area contributed by atoms with Crippen molar-refractivity contribution in [2.45, 2.75) is 25.9 Å². The largest absolute Gasteiger partial charge is 0.508 e. The first-order chi connectivity index (χ1) is 16.8. The lowest BCUT2D eigenvalue weighted by Crippen LogP contribution is -2.14. The zero-order valence-electron chi connectivity index (χ0n) is 19.0. The molecule has 35 heavy (non-hydrogen) atoms. The third-order valence-electron chi connectivity index (χ3n) is 5.52. The molecule has 1 aromatic heterocycles. The maximum atomic E-state index is 13.6. The van der Waals surface area contributed by atoms with Gasteiger partial charge in [-0.15, -0.1) is 11.3 Å².